The molecule has 0 atom stereocenters. The first-order valence-electron chi connectivity index (χ1n) is 44.5. The summed E-state index contributed by atoms with van der Waals surface area (Å²) in [4.78, 5) is 0. The zero-order valence-electron chi connectivity index (χ0n) is 76.2. The molecule has 710 valence electrons. The molecule has 24 aromatic carbocycles. The summed E-state index contributed by atoms with van der Waals surface area (Å²) in [5.74, 6) is 3.28. The number of fused-ring (bicyclic) bond motifs is 11. The Hall–Kier alpha value is -20.1. The summed E-state index contributed by atoms with van der Waals surface area (Å²) in [5.41, 5.74) is 3.98. The normalized spacial score (nSPS) is 10.4. The highest BCUT2D eigenvalue weighted by atomic mass is 16.3. The highest BCUT2D eigenvalue weighted by molar-refractivity contribution is 6.02. The minimum atomic E-state index is -0.0753. The zero-order chi connectivity index (χ0) is 101. The Balaban J connectivity index is 0.000000125. The van der Waals surface area contributed by atoms with Crippen LogP contribution in [0.2, 0.25) is 0 Å². The van der Waals surface area contributed by atoms with Crippen molar-refractivity contribution in [3.05, 3.63) is 455 Å². The van der Waals surface area contributed by atoms with Gasteiger partial charge in [-0.3, -0.25) is 0 Å². The van der Waals surface area contributed by atoms with Crippen molar-refractivity contribution in [2.45, 2.75) is 0 Å². The van der Waals surface area contributed by atoms with Crippen molar-refractivity contribution in [1.29, 1.82) is 0 Å². The van der Waals surface area contributed by atoms with Crippen molar-refractivity contribution >= 4 is 118 Å². The van der Waals surface area contributed by atoms with Gasteiger partial charge in [0.15, 0.2) is 23.0 Å². The molecule has 0 aliphatic carbocycles. The predicted molar refractivity (Wildman–Crippen MR) is 569 cm³/mol. The maximum atomic E-state index is 10.1. The van der Waals surface area contributed by atoms with Crippen molar-refractivity contribution in [1.82, 2.24) is 0 Å². The third kappa shape index (κ3) is 25.4. The second-order valence-corrected chi connectivity index (χ2v) is 32.4. The van der Waals surface area contributed by atoms with Gasteiger partial charge in [0.2, 0.25) is 0 Å². The summed E-state index contributed by atoms with van der Waals surface area (Å²) in [6.07, 6.45) is 0. The number of rotatable bonds is 2. The monoisotopic (exact) mass is 1900 g/mol. The van der Waals surface area contributed by atoms with Crippen LogP contribution in [0, 0.1) is 0 Å². The molecule has 24 rings (SSSR count). The van der Waals surface area contributed by atoms with Gasteiger partial charge in [0, 0.05) is 54.0 Å². The molecule has 0 saturated carbocycles. The number of hydrogen-bond donors (Lipinski definition) is 21. The Labute approximate surface area is 818 Å². The Bertz CT molecular complexity index is 8220. The number of benzene rings is 24. The lowest BCUT2D eigenvalue weighted by Gasteiger charge is -2.08. The molecular formula is C122H96O21. The van der Waals surface area contributed by atoms with Crippen molar-refractivity contribution in [3.8, 4) is 143 Å². The van der Waals surface area contributed by atoms with Crippen molar-refractivity contribution in [2.75, 3.05) is 0 Å². The molecule has 24 aromatic rings. The molecule has 0 bridgehead atoms. The third-order valence-corrected chi connectivity index (χ3v) is 22.7. The van der Waals surface area contributed by atoms with Crippen LogP contribution in [0.4, 0.5) is 0 Å². The van der Waals surface area contributed by atoms with E-state index in [9.17, 15) is 61.3 Å². The van der Waals surface area contributed by atoms with Gasteiger partial charge in [0.25, 0.3) is 0 Å². The molecule has 21 heteroatoms. The summed E-state index contributed by atoms with van der Waals surface area (Å²) in [5, 5.41) is 215. The van der Waals surface area contributed by atoms with Gasteiger partial charge in [0.05, 0.1) is 5.39 Å². The average molecular weight is 1900 g/mol. The molecule has 0 saturated heterocycles. The van der Waals surface area contributed by atoms with Gasteiger partial charge in [-0.2, -0.15) is 0 Å². The first kappa shape index (κ1) is 98.9. The van der Waals surface area contributed by atoms with Crippen LogP contribution in [0.5, 0.6) is 121 Å². The van der Waals surface area contributed by atoms with E-state index in [1.54, 1.807) is 243 Å². The molecule has 0 aliphatic rings. The van der Waals surface area contributed by atoms with E-state index in [-0.39, 0.29) is 115 Å². The molecule has 21 N–H and O–H groups in total. The fraction of sp³-hybridized carbons (Fsp3) is 0. The molecule has 0 amide bonds. The number of aromatic hydroxyl groups is 21. The van der Waals surface area contributed by atoms with E-state index in [1.165, 1.54) is 23.8 Å². The van der Waals surface area contributed by atoms with E-state index >= 15 is 0 Å². The van der Waals surface area contributed by atoms with Gasteiger partial charge in [-0.1, -0.05) is 285 Å². The van der Waals surface area contributed by atoms with Crippen molar-refractivity contribution in [2.24, 2.45) is 0 Å². The molecule has 0 heterocycles. The SMILES string of the molecule is Oc1cc2cccc(O)c2cc1-c1ccccc1.Oc1cc2ccccc2cc1O.Oc1ccc(-c2ccccc2)c2ccccc12.Oc1ccc(O)c2ccccc12.Oc1ccc2c(O)cccc2c1.Oc1ccc2cc(O)ccc2c1.Oc1ccc2ccc(O)cc2c1.Oc1ccc2cccc(O)c2c1.Oc1ccc2ccccc2c1O.Oc1cccc2c(O)cccc12.Oc1cccc2cccc(O)c12. The Kier molecular flexibility index (Phi) is 32.1. The van der Waals surface area contributed by atoms with Crippen LogP contribution >= 0.6 is 0 Å². The van der Waals surface area contributed by atoms with Crippen molar-refractivity contribution in [3.63, 3.8) is 0 Å². The van der Waals surface area contributed by atoms with Crippen LogP contribution in [0.1, 0.15) is 0 Å². The molecule has 0 aliphatic heterocycles. The summed E-state index contributed by atoms with van der Waals surface area (Å²) < 4.78 is 0. The lowest BCUT2D eigenvalue weighted by Crippen LogP contribution is -1.81. The molecule has 0 aromatic heterocycles. The second-order valence-electron chi connectivity index (χ2n) is 32.4. The zero-order valence-corrected chi connectivity index (χ0v) is 76.2. The summed E-state index contributed by atoms with van der Waals surface area (Å²) in [6, 6.07) is 133. The Morgan fingerprint density at radius 3 is 0.839 bits per heavy atom. The molecule has 143 heavy (non-hydrogen) atoms. The number of hydrogen-bond acceptors (Lipinski definition) is 21. The largest absolute Gasteiger partial charge is 0.508 e. The molecule has 0 radical (unpaired) electrons. The van der Waals surface area contributed by atoms with Gasteiger partial charge in [-0.25, -0.2) is 0 Å². The summed E-state index contributed by atoms with van der Waals surface area (Å²) in [6.45, 7) is 0. The van der Waals surface area contributed by atoms with E-state index in [1.807, 2.05) is 182 Å². The average Bonchev–Trinajstić information content (AvgIpc) is 0.780. The second kappa shape index (κ2) is 46.5. The van der Waals surface area contributed by atoms with E-state index in [0.29, 0.717) is 43.5 Å². The highest BCUT2D eigenvalue weighted by Gasteiger charge is 2.13. The number of phenols is 21. The topological polar surface area (TPSA) is 425 Å². The fourth-order valence-electron chi connectivity index (χ4n) is 15.5. The van der Waals surface area contributed by atoms with Crippen LogP contribution in [0.25, 0.3) is 141 Å². The van der Waals surface area contributed by atoms with Crippen molar-refractivity contribution < 1.29 is 107 Å². The third-order valence-electron chi connectivity index (χ3n) is 22.7. The van der Waals surface area contributed by atoms with Crippen LogP contribution in [-0.2, 0) is 0 Å². The summed E-state index contributed by atoms with van der Waals surface area (Å²) in [7, 11) is 0. The Morgan fingerprint density at radius 2 is 0.371 bits per heavy atom. The quantitative estimate of drug-likeness (QED) is 0.0564. The van der Waals surface area contributed by atoms with E-state index in [0.717, 1.165) is 97.5 Å². The Morgan fingerprint density at radius 1 is 0.105 bits per heavy atom. The molecule has 0 spiro atoms. The molecular weight excluding hydrogens is 1800 g/mol. The number of phenolic OH excluding ortho intramolecular Hbond substituents is 21. The van der Waals surface area contributed by atoms with Gasteiger partial charge in [0.1, 0.15) is 97.7 Å². The van der Waals surface area contributed by atoms with E-state index in [2.05, 4.69) is 12.1 Å². The first-order chi connectivity index (χ1) is 69.1. The lowest BCUT2D eigenvalue weighted by molar-refractivity contribution is 0.405. The van der Waals surface area contributed by atoms with Gasteiger partial charge in [-0.15, -0.1) is 0 Å². The molecule has 0 fully saturated rings. The smallest absolute Gasteiger partial charge is 0.165 e. The van der Waals surface area contributed by atoms with Crippen LogP contribution in [0.3, 0.4) is 0 Å². The minimum Gasteiger partial charge on any atom is -0.508 e. The van der Waals surface area contributed by atoms with Crippen LogP contribution < -0.4 is 0 Å². The predicted octanol–water partition coefficient (Wildman–Crippen LogP) is 28.4. The fourth-order valence-corrected chi connectivity index (χ4v) is 15.5. The van der Waals surface area contributed by atoms with Gasteiger partial charge < -0.3 is 107 Å². The summed E-state index contributed by atoms with van der Waals surface area (Å²) >= 11 is 0. The van der Waals surface area contributed by atoms with E-state index < -0.39 is 0 Å². The standard InChI is InChI=1S/C16H12O2.C16H12O.9C10H8O2/c17-15-8-4-7-12-9-16(18)13(10-14(12)15)11-5-2-1-3-6-11;17-16-11-10-13(12-6-2-1-3-7-12)14-8-4-5-9-15(14)16;11-9-3-1-7-5-10(12)4-2-8(7)6-9;11-9-3-1-7-2-4-10(12)6-8(7)5-9;11-9-5-1-3-7-8(9)4-2-6-10(7)12;11-8-5-1-3-7-4-2-6-9(12)10(7)8;11-8-4-5-9-7(6-8)2-1-3-10(9)12;11-8-5-4-7-2-1-3-10(12)9(7)6-8;11-9-5-7-3-1-2-4-8(7)6-10(9)12;11-9-5-6-10(12)8-4-2-1-3-7(8)9;11-9-6-5-7-3-1-2-4-8(7)10(9)12/h1-10,17-18H;1-11,17H;9*1-6,11-12H. The minimum absolute atomic E-state index is 0.0481. The maximum absolute atomic E-state index is 10.1. The molecule has 21 nitrogen and oxygen atoms in total. The highest BCUT2D eigenvalue weighted by Crippen LogP contribution is 2.41. The maximum Gasteiger partial charge on any atom is 0.165 e. The first-order valence-corrected chi connectivity index (χ1v) is 44.5. The van der Waals surface area contributed by atoms with Crippen LogP contribution in [0.15, 0.2) is 455 Å². The van der Waals surface area contributed by atoms with Gasteiger partial charge in [-0.05, 0) is 251 Å². The van der Waals surface area contributed by atoms with Gasteiger partial charge >= 0.3 is 0 Å². The van der Waals surface area contributed by atoms with E-state index in [4.69, 9.17) is 46.0 Å². The lowest BCUT2D eigenvalue weighted by atomic mass is 9.98. The molecule has 0 unspecified atom stereocenters. The van der Waals surface area contributed by atoms with Crippen LogP contribution in [-0.4, -0.2) is 107 Å².